The Bertz CT molecular complexity index is 617. The van der Waals surface area contributed by atoms with E-state index in [1.165, 1.54) is 6.07 Å². The fourth-order valence-electron chi connectivity index (χ4n) is 2.14. The molecule has 0 heterocycles. The summed E-state index contributed by atoms with van der Waals surface area (Å²) in [6.45, 7) is 5.53. The van der Waals surface area contributed by atoms with Crippen LogP contribution in [0.4, 0.5) is 4.39 Å². The molecule has 0 radical (unpaired) electrons. The van der Waals surface area contributed by atoms with Crippen LogP contribution in [0.2, 0.25) is 5.02 Å². The molecule has 0 fully saturated rings. The van der Waals surface area contributed by atoms with E-state index in [2.05, 4.69) is 0 Å². The van der Waals surface area contributed by atoms with E-state index in [9.17, 15) is 4.39 Å². The van der Waals surface area contributed by atoms with Gasteiger partial charge in [-0.05, 0) is 56.2 Å². The molecule has 2 rings (SSSR count). The number of hydrogen-bond donors (Lipinski definition) is 1. The third-order valence-corrected chi connectivity index (χ3v) is 3.70. The van der Waals surface area contributed by atoms with Crippen LogP contribution in [0.1, 0.15) is 29.7 Å². The van der Waals surface area contributed by atoms with E-state index in [4.69, 9.17) is 22.1 Å². The predicted octanol–water partition coefficient (Wildman–Crippen LogP) is 4.91. The van der Waals surface area contributed by atoms with Gasteiger partial charge in [0.1, 0.15) is 17.3 Å². The van der Waals surface area contributed by atoms with Crippen LogP contribution in [0.25, 0.3) is 0 Å². The monoisotopic (exact) mass is 293 g/mol. The minimum atomic E-state index is -0.444. The minimum absolute atomic E-state index is 0.361. The maximum Gasteiger partial charge on any atom is 0.135 e. The zero-order valence-corrected chi connectivity index (χ0v) is 12.5. The number of halogens is 2. The number of hydrogen-bond acceptors (Lipinski definition) is 2. The largest absolute Gasteiger partial charge is 0.457 e. The van der Waals surface area contributed by atoms with Crippen LogP contribution in [0, 0.1) is 19.7 Å². The van der Waals surface area contributed by atoms with Crippen LogP contribution in [0.3, 0.4) is 0 Å². The number of nitrogens with two attached hydrogens (primary N) is 1. The first-order valence-electron chi connectivity index (χ1n) is 6.38. The first kappa shape index (κ1) is 14.8. The van der Waals surface area contributed by atoms with Gasteiger partial charge in [0.2, 0.25) is 0 Å². The quantitative estimate of drug-likeness (QED) is 0.873. The lowest BCUT2D eigenvalue weighted by Gasteiger charge is -2.15. The first-order valence-corrected chi connectivity index (χ1v) is 6.76. The molecular weight excluding hydrogens is 277 g/mol. The van der Waals surface area contributed by atoms with Gasteiger partial charge in [-0.2, -0.15) is 0 Å². The van der Waals surface area contributed by atoms with E-state index in [0.29, 0.717) is 22.1 Å². The van der Waals surface area contributed by atoms with E-state index >= 15 is 0 Å². The van der Waals surface area contributed by atoms with Gasteiger partial charge in [0.25, 0.3) is 0 Å². The standard InChI is InChI=1S/C16H17ClFNO/c1-9-7-12(8-10(2)16(9)17)20-14-6-4-5-13(18)15(14)11(3)19/h4-8,11H,19H2,1-3H3/t11-/m0/s1. The molecule has 4 heteroatoms. The van der Waals surface area contributed by atoms with Gasteiger partial charge in [0.15, 0.2) is 0 Å². The van der Waals surface area contributed by atoms with Crippen LogP contribution in [0.5, 0.6) is 11.5 Å². The van der Waals surface area contributed by atoms with Gasteiger partial charge < -0.3 is 10.5 Å². The lowest BCUT2D eigenvalue weighted by Crippen LogP contribution is -2.09. The van der Waals surface area contributed by atoms with Crippen molar-refractivity contribution in [3.8, 4) is 11.5 Å². The predicted molar refractivity (Wildman–Crippen MR) is 80.0 cm³/mol. The number of ether oxygens (including phenoxy) is 1. The molecule has 20 heavy (non-hydrogen) atoms. The summed E-state index contributed by atoms with van der Waals surface area (Å²) < 4.78 is 19.6. The Morgan fingerprint density at radius 3 is 2.35 bits per heavy atom. The summed E-state index contributed by atoms with van der Waals surface area (Å²) in [7, 11) is 0. The highest BCUT2D eigenvalue weighted by Gasteiger charge is 2.15. The van der Waals surface area contributed by atoms with Crippen LogP contribution < -0.4 is 10.5 Å². The molecule has 2 N–H and O–H groups in total. The van der Waals surface area contributed by atoms with Gasteiger partial charge >= 0.3 is 0 Å². The normalized spacial score (nSPS) is 12.3. The van der Waals surface area contributed by atoms with E-state index < -0.39 is 6.04 Å². The van der Waals surface area contributed by atoms with Crippen molar-refractivity contribution < 1.29 is 9.13 Å². The zero-order chi connectivity index (χ0) is 14.9. The fourth-order valence-corrected chi connectivity index (χ4v) is 2.25. The van der Waals surface area contributed by atoms with Gasteiger partial charge in [-0.3, -0.25) is 0 Å². The van der Waals surface area contributed by atoms with Crippen molar-refractivity contribution in [2.24, 2.45) is 5.73 Å². The number of aryl methyl sites for hydroxylation is 2. The Morgan fingerprint density at radius 1 is 1.20 bits per heavy atom. The molecule has 106 valence electrons. The molecule has 0 bridgehead atoms. The molecule has 2 aromatic rings. The molecular formula is C16H17ClFNO. The molecule has 0 aromatic heterocycles. The lowest BCUT2D eigenvalue weighted by molar-refractivity contribution is 0.460. The molecule has 0 aliphatic rings. The Hall–Kier alpha value is -1.58. The van der Waals surface area contributed by atoms with Crippen molar-refractivity contribution in [2.75, 3.05) is 0 Å². The number of benzene rings is 2. The molecule has 2 nitrogen and oxygen atoms in total. The van der Waals surface area contributed by atoms with Crippen LogP contribution in [-0.2, 0) is 0 Å². The molecule has 2 aromatic carbocycles. The van der Waals surface area contributed by atoms with Crippen molar-refractivity contribution in [1.82, 2.24) is 0 Å². The second-order valence-corrected chi connectivity index (χ2v) is 5.29. The molecule has 0 aliphatic carbocycles. The molecule has 0 amide bonds. The zero-order valence-electron chi connectivity index (χ0n) is 11.7. The third-order valence-electron chi connectivity index (χ3n) is 3.11. The Kier molecular flexibility index (Phi) is 4.31. The van der Waals surface area contributed by atoms with Crippen molar-refractivity contribution in [2.45, 2.75) is 26.8 Å². The van der Waals surface area contributed by atoms with Crippen molar-refractivity contribution >= 4 is 11.6 Å². The summed E-state index contributed by atoms with van der Waals surface area (Å²) in [5.74, 6) is 0.693. The van der Waals surface area contributed by atoms with Gasteiger partial charge in [0.05, 0.1) is 0 Å². The number of rotatable bonds is 3. The van der Waals surface area contributed by atoms with Gasteiger partial charge in [-0.25, -0.2) is 4.39 Å². The maximum absolute atomic E-state index is 13.8. The summed E-state index contributed by atoms with van der Waals surface area (Å²) in [4.78, 5) is 0. The third kappa shape index (κ3) is 2.94. The topological polar surface area (TPSA) is 35.2 Å². The lowest BCUT2D eigenvalue weighted by atomic mass is 10.1. The summed E-state index contributed by atoms with van der Waals surface area (Å²) in [5, 5.41) is 0.712. The van der Waals surface area contributed by atoms with Crippen molar-refractivity contribution in [3.05, 3.63) is 57.9 Å². The van der Waals surface area contributed by atoms with E-state index in [-0.39, 0.29) is 5.82 Å². The van der Waals surface area contributed by atoms with Gasteiger partial charge in [-0.1, -0.05) is 17.7 Å². The van der Waals surface area contributed by atoms with E-state index in [0.717, 1.165) is 11.1 Å². The Morgan fingerprint density at radius 2 is 1.80 bits per heavy atom. The van der Waals surface area contributed by atoms with Gasteiger partial charge in [0, 0.05) is 16.6 Å². The highest BCUT2D eigenvalue weighted by atomic mass is 35.5. The second-order valence-electron chi connectivity index (χ2n) is 4.91. The SMILES string of the molecule is Cc1cc(Oc2cccc(F)c2[C@H](C)N)cc(C)c1Cl. The maximum atomic E-state index is 13.8. The smallest absolute Gasteiger partial charge is 0.135 e. The summed E-state index contributed by atoms with van der Waals surface area (Å²) in [6.07, 6.45) is 0. The van der Waals surface area contributed by atoms with Crippen LogP contribution in [0.15, 0.2) is 30.3 Å². The Balaban J connectivity index is 2.43. The van der Waals surface area contributed by atoms with Crippen molar-refractivity contribution in [3.63, 3.8) is 0 Å². The molecule has 0 saturated carbocycles. The Labute approximate surface area is 123 Å². The average molecular weight is 294 g/mol. The van der Waals surface area contributed by atoms with Crippen LogP contribution >= 0.6 is 11.6 Å². The van der Waals surface area contributed by atoms with Crippen molar-refractivity contribution in [1.29, 1.82) is 0 Å². The molecule has 0 unspecified atom stereocenters. The van der Waals surface area contributed by atoms with Gasteiger partial charge in [-0.15, -0.1) is 0 Å². The molecule has 0 saturated heterocycles. The summed E-state index contributed by atoms with van der Waals surface area (Å²) in [5.41, 5.74) is 8.02. The van der Waals surface area contributed by atoms with Crippen LogP contribution in [-0.4, -0.2) is 0 Å². The highest BCUT2D eigenvalue weighted by molar-refractivity contribution is 6.32. The highest BCUT2D eigenvalue weighted by Crippen LogP contribution is 2.33. The molecule has 1 atom stereocenters. The minimum Gasteiger partial charge on any atom is -0.457 e. The average Bonchev–Trinajstić information content (AvgIpc) is 2.35. The van der Waals surface area contributed by atoms with E-state index in [1.54, 1.807) is 19.1 Å². The molecule has 0 aliphatic heterocycles. The second kappa shape index (κ2) is 5.81. The molecule has 0 spiro atoms. The van der Waals surface area contributed by atoms with E-state index in [1.807, 2.05) is 26.0 Å². The summed E-state index contributed by atoms with van der Waals surface area (Å²) >= 11 is 6.12. The summed E-state index contributed by atoms with van der Waals surface area (Å²) in [6, 6.07) is 7.90. The fraction of sp³-hybridized carbons (Fsp3) is 0.250. The first-order chi connectivity index (χ1) is 9.40.